The van der Waals surface area contributed by atoms with Gasteiger partial charge in [0.1, 0.15) is 6.10 Å². The molecule has 1 aliphatic heterocycles. The molecule has 5 atom stereocenters. The summed E-state index contributed by atoms with van der Waals surface area (Å²) in [6.07, 6.45) is 1.87. The molecular formula is C15H22O4. The first-order chi connectivity index (χ1) is 8.90. The molecule has 4 unspecified atom stereocenters. The molecule has 2 rings (SSSR count). The lowest BCUT2D eigenvalue weighted by molar-refractivity contribution is -0.142. The molecule has 2 aliphatic rings. The predicted molar refractivity (Wildman–Crippen MR) is 71.3 cm³/mol. The van der Waals surface area contributed by atoms with Gasteiger partial charge in [-0.15, -0.1) is 0 Å². The highest BCUT2D eigenvalue weighted by Gasteiger charge is 2.42. The van der Waals surface area contributed by atoms with Gasteiger partial charge in [-0.2, -0.15) is 0 Å². The molecule has 4 nitrogen and oxygen atoms in total. The summed E-state index contributed by atoms with van der Waals surface area (Å²) in [6, 6.07) is 0. The standard InChI is InChI=1S/C15H22O4/c1-8-4-5-12(16)10(3)13(17)7-11-9(2)15(18)19-14(11)6-8/h6,9,11-14,16-17H,3-5,7H2,1-2H3/b8-6+/t9?,11?,12?,13?,14-/m1/s1. The molecule has 0 radical (unpaired) electrons. The van der Waals surface area contributed by atoms with E-state index in [4.69, 9.17) is 4.74 Å². The van der Waals surface area contributed by atoms with Crippen LogP contribution in [-0.4, -0.2) is 34.5 Å². The molecule has 19 heavy (non-hydrogen) atoms. The Hall–Kier alpha value is -1.13. The van der Waals surface area contributed by atoms with Gasteiger partial charge in [-0.05, 0) is 37.8 Å². The Morgan fingerprint density at radius 3 is 2.74 bits per heavy atom. The van der Waals surface area contributed by atoms with Crippen LogP contribution in [0, 0.1) is 11.8 Å². The lowest BCUT2D eigenvalue weighted by Crippen LogP contribution is -2.29. The van der Waals surface area contributed by atoms with Crippen LogP contribution in [0.25, 0.3) is 0 Å². The second-order valence-corrected chi connectivity index (χ2v) is 5.75. The highest BCUT2D eigenvalue weighted by atomic mass is 16.6. The average Bonchev–Trinajstić information content (AvgIpc) is 2.62. The highest BCUT2D eigenvalue weighted by Crippen LogP contribution is 2.35. The zero-order valence-electron chi connectivity index (χ0n) is 11.5. The summed E-state index contributed by atoms with van der Waals surface area (Å²) in [5.41, 5.74) is 1.54. The van der Waals surface area contributed by atoms with Crippen LogP contribution in [0.15, 0.2) is 23.8 Å². The number of esters is 1. The predicted octanol–water partition coefficient (Wildman–Crippen LogP) is 1.57. The summed E-state index contributed by atoms with van der Waals surface area (Å²) < 4.78 is 5.37. The normalized spacial score (nSPS) is 43.2. The van der Waals surface area contributed by atoms with Crippen LogP contribution in [0.2, 0.25) is 0 Å². The number of rotatable bonds is 0. The van der Waals surface area contributed by atoms with E-state index in [0.717, 1.165) is 5.57 Å². The van der Waals surface area contributed by atoms with Crippen molar-refractivity contribution in [2.75, 3.05) is 0 Å². The van der Waals surface area contributed by atoms with E-state index in [2.05, 4.69) is 6.58 Å². The summed E-state index contributed by atoms with van der Waals surface area (Å²) in [7, 11) is 0. The Morgan fingerprint density at radius 1 is 1.37 bits per heavy atom. The molecule has 0 amide bonds. The van der Waals surface area contributed by atoms with E-state index in [-0.39, 0.29) is 23.9 Å². The quantitative estimate of drug-likeness (QED) is 0.516. The van der Waals surface area contributed by atoms with Crippen LogP contribution in [0.4, 0.5) is 0 Å². The van der Waals surface area contributed by atoms with Crippen molar-refractivity contribution in [1.82, 2.24) is 0 Å². The van der Waals surface area contributed by atoms with Crippen molar-refractivity contribution >= 4 is 5.97 Å². The Bertz CT molecular complexity index is 412. The lowest BCUT2D eigenvalue weighted by atomic mass is 9.82. The summed E-state index contributed by atoms with van der Waals surface area (Å²) in [5.74, 6) is -0.496. The first-order valence-corrected chi connectivity index (χ1v) is 6.82. The van der Waals surface area contributed by atoms with E-state index in [1.54, 1.807) is 0 Å². The van der Waals surface area contributed by atoms with Gasteiger partial charge in [0.15, 0.2) is 0 Å². The van der Waals surface area contributed by atoms with E-state index in [1.807, 2.05) is 19.9 Å². The molecule has 0 aromatic heterocycles. The minimum atomic E-state index is -0.786. The van der Waals surface area contributed by atoms with Gasteiger partial charge in [-0.1, -0.05) is 19.1 Å². The number of carbonyl (C=O) groups excluding carboxylic acids is 1. The van der Waals surface area contributed by atoms with E-state index in [9.17, 15) is 15.0 Å². The Balaban J connectivity index is 2.28. The Kier molecular flexibility index (Phi) is 4.11. The van der Waals surface area contributed by atoms with Crippen LogP contribution in [0.1, 0.15) is 33.1 Å². The fourth-order valence-electron chi connectivity index (χ4n) is 2.83. The topological polar surface area (TPSA) is 66.8 Å². The maximum atomic E-state index is 11.7. The van der Waals surface area contributed by atoms with Crippen molar-refractivity contribution in [3.8, 4) is 0 Å². The average molecular weight is 266 g/mol. The third-order valence-electron chi connectivity index (χ3n) is 4.30. The van der Waals surface area contributed by atoms with Crippen LogP contribution >= 0.6 is 0 Å². The molecule has 0 saturated carbocycles. The van der Waals surface area contributed by atoms with Gasteiger partial charge in [0, 0.05) is 5.92 Å². The van der Waals surface area contributed by atoms with Gasteiger partial charge in [-0.3, -0.25) is 4.79 Å². The van der Waals surface area contributed by atoms with Crippen molar-refractivity contribution in [3.05, 3.63) is 23.8 Å². The molecule has 1 fully saturated rings. The first kappa shape index (κ1) is 14.3. The molecule has 1 aliphatic carbocycles. The van der Waals surface area contributed by atoms with Gasteiger partial charge in [-0.25, -0.2) is 0 Å². The summed E-state index contributed by atoms with van der Waals surface area (Å²) in [5, 5.41) is 20.1. The molecule has 0 spiro atoms. The minimum Gasteiger partial charge on any atom is -0.458 e. The molecule has 0 aromatic carbocycles. The number of aliphatic hydroxyl groups excluding tert-OH is 2. The van der Waals surface area contributed by atoms with Crippen LogP contribution in [0.3, 0.4) is 0 Å². The van der Waals surface area contributed by atoms with Gasteiger partial charge >= 0.3 is 5.97 Å². The molecule has 1 saturated heterocycles. The molecular weight excluding hydrogens is 244 g/mol. The maximum Gasteiger partial charge on any atom is 0.309 e. The molecule has 106 valence electrons. The van der Waals surface area contributed by atoms with Gasteiger partial charge < -0.3 is 14.9 Å². The smallest absolute Gasteiger partial charge is 0.309 e. The zero-order chi connectivity index (χ0) is 14.2. The third kappa shape index (κ3) is 2.90. The number of fused-ring (bicyclic) bond motifs is 1. The first-order valence-electron chi connectivity index (χ1n) is 6.82. The summed E-state index contributed by atoms with van der Waals surface area (Å²) in [6.45, 7) is 7.59. The van der Waals surface area contributed by atoms with Crippen LogP contribution < -0.4 is 0 Å². The van der Waals surface area contributed by atoms with E-state index < -0.39 is 12.2 Å². The molecule has 2 N–H and O–H groups in total. The van der Waals surface area contributed by atoms with Crippen LogP contribution in [-0.2, 0) is 9.53 Å². The second-order valence-electron chi connectivity index (χ2n) is 5.75. The van der Waals surface area contributed by atoms with Crippen molar-refractivity contribution < 1.29 is 19.7 Å². The fraction of sp³-hybridized carbons (Fsp3) is 0.667. The largest absolute Gasteiger partial charge is 0.458 e. The number of aliphatic hydroxyl groups is 2. The van der Waals surface area contributed by atoms with Crippen molar-refractivity contribution in [3.63, 3.8) is 0 Å². The lowest BCUT2D eigenvalue weighted by Gasteiger charge is -2.26. The van der Waals surface area contributed by atoms with Gasteiger partial charge in [0.25, 0.3) is 0 Å². The second kappa shape index (κ2) is 5.47. The number of hydrogen-bond acceptors (Lipinski definition) is 4. The van der Waals surface area contributed by atoms with E-state index >= 15 is 0 Å². The van der Waals surface area contributed by atoms with Gasteiger partial charge in [0.05, 0.1) is 18.1 Å². The summed E-state index contributed by atoms with van der Waals surface area (Å²) in [4.78, 5) is 11.7. The van der Waals surface area contributed by atoms with Crippen molar-refractivity contribution in [2.45, 2.75) is 51.4 Å². The number of allylic oxidation sites excluding steroid dienone is 1. The number of carbonyl (C=O) groups is 1. The number of ether oxygens (including phenoxy) is 1. The van der Waals surface area contributed by atoms with E-state index in [1.165, 1.54) is 0 Å². The fourth-order valence-corrected chi connectivity index (χ4v) is 2.83. The van der Waals surface area contributed by atoms with Crippen LogP contribution in [0.5, 0.6) is 0 Å². The zero-order valence-corrected chi connectivity index (χ0v) is 11.5. The molecule has 0 bridgehead atoms. The SMILES string of the molecule is C=C1C(O)CC/C(C)=C/[C@H]2OC(=O)C(C)C2CC1O. The molecule has 0 aromatic rings. The monoisotopic (exact) mass is 266 g/mol. The Morgan fingerprint density at radius 2 is 2.05 bits per heavy atom. The minimum absolute atomic E-state index is 0.0560. The van der Waals surface area contributed by atoms with Crippen molar-refractivity contribution in [2.24, 2.45) is 11.8 Å². The van der Waals surface area contributed by atoms with E-state index in [0.29, 0.717) is 24.8 Å². The molecule has 4 heteroatoms. The molecule has 1 heterocycles. The van der Waals surface area contributed by atoms with Crippen molar-refractivity contribution in [1.29, 1.82) is 0 Å². The summed E-state index contributed by atoms with van der Waals surface area (Å²) >= 11 is 0. The van der Waals surface area contributed by atoms with Gasteiger partial charge in [0.2, 0.25) is 0 Å². The maximum absolute atomic E-state index is 11.7. The third-order valence-corrected chi connectivity index (χ3v) is 4.30. The highest BCUT2D eigenvalue weighted by molar-refractivity contribution is 5.75. The Labute approximate surface area is 113 Å². The number of hydrogen-bond donors (Lipinski definition) is 2.